The van der Waals surface area contributed by atoms with E-state index in [-0.39, 0.29) is 10.6 Å². The van der Waals surface area contributed by atoms with Crippen LogP contribution in [0.5, 0.6) is 0 Å². The number of carbonyl (C=O) groups is 1. The smallest absolute Gasteiger partial charge is 0.237 e. The fourth-order valence-corrected chi connectivity index (χ4v) is 2.81. The normalized spacial score (nSPS) is 11.2. The number of amides is 1. The van der Waals surface area contributed by atoms with E-state index in [4.69, 9.17) is 5.73 Å². The number of nitrogens with two attached hydrogens (primary N) is 1. The van der Waals surface area contributed by atoms with Gasteiger partial charge in [-0.1, -0.05) is 6.07 Å². The van der Waals surface area contributed by atoms with Crippen molar-refractivity contribution in [3.05, 3.63) is 23.8 Å². The number of rotatable bonds is 3. The molecule has 1 aromatic rings. The van der Waals surface area contributed by atoms with Gasteiger partial charge in [-0.3, -0.25) is 4.79 Å². The molecule has 1 aromatic carbocycles. The van der Waals surface area contributed by atoms with Crippen LogP contribution in [0.25, 0.3) is 0 Å². The van der Waals surface area contributed by atoms with Crippen molar-refractivity contribution in [3.8, 4) is 0 Å². The van der Waals surface area contributed by atoms with Crippen LogP contribution in [0.15, 0.2) is 23.1 Å². The van der Waals surface area contributed by atoms with Gasteiger partial charge in [-0.25, -0.2) is 8.42 Å². The molecule has 0 heterocycles. The van der Waals surface area contributed by atoms with E-state index in [1.807, 2.05) is 0 Å². The van der Waals surface area contributed by atoms with Gasteiger partial charge in [0.15, 0.2) is 9.84 Å². The van der Waals surface area contributed by atoms with E-state index in [9.17, 15) is 13.2 Å². The van der Waals surface area contributed by atoms with Crippen LogP contribution in [-0.2, 0) is 14.6 Å². The van der Waals surface area contributed by atoms with Crippen LogP contribution in [0.2, 0.25) is 0 Å². The molecule has 0 aliphatic heterocycles. The molecule has 0 atom stereocenters. The van der Waals surface area contributed by atoms with Crippen molar-refractivity contribution in [2.75, 3.05) is 25.6 Å². The van der Waals surface area contributed by atoms with Crippen molar-refractivity contribution in [1.29, 1.82) is 0 Å². The zero-order valence-corrected chi connectivity index (χ0v) is 10.9. The third kappa shape index (κ3) is 3.20. The first-order valence-electron chi connectivity index (χ1n) is 5.03. The summed E-state index contributed by atoms with van der Waals surface area (Å²) in [5.41, 5.74) is 6.58. The largest absolute Gasteiger partial charge is 0.398 e. The number of aryl methyl sites for hydroxylation is 1. The summed E-state index contributed by atoms with van der Waals surface area (Å²) in [6, 6.07) is 4.73. The van der Waals surface area contributed by atoms with Crippen molar-refractivity contribution in [3.63, 3.8) is 0 Å². The maximum atomic E-state index is 12.0. The van der Waals surface area contributed by atoms with Gasteiger partial charge < -0.3 is 10.6 Å². The van der Waals surface area contributed by atoms with E-state index in [1.165, 1.54) is 31.1 Å². The third-order valence-electron chi connectivity index (χ3n) is 2.32. The van der Waals surface area contributed by atoms with E-state index >= 15 is 0 Å². The Balaban J connectivity index is 3.14. The zero-order valence-electron chi connectivity index (χ0n) is 10.1. The van der Waals surface area contributed by atoms with Crippen LogP contribution in [0.3, 0.4) is 0 Å². The van der Waals surface area contributed by atoms with Crippen molar-refractivity contribution in [2.24, 2.45) is 0 Å². The lowest BCUT2D eigenvalue weighted by atomic mass is 10.2. The molecule has 0 bridgehead atoms. The average molecular weight is 256 g/mol. The molecule has 2 N–H and O–H groups in total. The lowest BCUT2D eigenvalue weighted by Gasteiger charge is -2.12. The minimum Gasteiger partial charge on any atom is -0.398 e. The Hall–Kier alpha value is -1.56. The molecule has 6 heteroatoms. The number of sulfone groups is 1. The second-order valence-corrected chi connectivity index (χ2v) is 6.05. The third-order valence-corrected chi connectivity index (χ3v) is 3.97. The van der Waals surface area contributed by atoms with E-state index in [2.05, 4.69) is 0 Å². The van der Waals surface area contributed by atoms with Gasteiger partial charge in [-0.15, -0.1) is 0 Å². The summed E-state index contributed by atoms with van der Waals surface area (Å²) in [6.45, 7) is 1.77. The second-order valence-electron chi connectivity index (χ2n) is 4.09. The van der Waals surface area contributed by atoms with Gasteiger partial charge in [-0.2, -0.15) is 0 Å². The summed E-state index contributed by atoms with van der Waals surface area (Å²) < 4.78 is 24.0. The van der Waals surface area contributed by atoms with E-state index in [1.54, 1.807) is 13.0 Å². The van der Waals surface area contributed by atoms with Gasteiger partial charge in [0.05, 0.1) is 10.6 Å². The summed E-state index contributed by atoms with van der Waals surface area (Å²) in [5, 5.41) is 0. The Kier molecular flexibility index (Phi) is 3.77. The van der Waals surface area contributed by atoms with Crippen LogP contribution in [0.1, 0.15) is 5.56 Å². The maximum absolute atomic E-state index is 12.0. The monoisotopic (exact) mass is 256 g/mol. The van der Waals surface area contributed by atoms with E-state index < -0.39 is 21.5 Å². The van der Waals surface area contributed by atoms with Gasteiger partial charge in [0, 0.05) is 14.1 Å². The van der Waals surface area contributed by atoms with Crippen LogP contribution < -0.4 is 5.73 Å². The standard InChI is InChI=1S/C11H16N2O3S/c1-8-4-5-9(12)10(6-8)17(15,16)7-11(14)13(2)3/h4-6H,7,12H2,1-3H3. The average Bonchev–Trinajstić information content (AvgIpc) is 2.20. The fourth-order valence-electron chi connectivity index (χ4n) is 1.28. The molecule has 0 saturated heterocycles. The number of nitrogens with zero attached hydrogens (tertiary/aromatic N) is 1. The molecular formula is C11H16N2O3S. The molecule has 0 fully saturated rings. The van der Waals surface area contributed by atoms with Gasteiger partial charge in [0.2, 0.25) is 5.91 Å². The molecule has 1 amide bonds. The number of anilines is 1. The number of carbonyl (C=O) groups excluding carboxylic acids is 1. The van der Waals surface area contributed by atoms with Gasteiger partial charge in [0.1, 0.15) is 5.75 Å². The lowest BCUT2D eigenvalue weighted by Crippen LogP contribution is -2.29. The summed E-state index contributed by atoms with van der Waals surface area (Å²) in [6.07, 6.45) is 0. The SMILES string of the molecule is Cc1ccc(N)c(S(=O)(=O)CC(=O)N(C)C)c1. The molecule has 0 saturated carbocycles. The molecule has 94 valence electrons. The van der Waals surface area contributed by atoms with Crippen molar-refractivity contribution < 1.29 is 13.2 Å². The Morgan fingerprint density at radius 1 is 1.35 bits per heavy atom. The van der Waals surface area contributed by atoms with Gasteiger partial charge in [0.25, 0.3) is 0 Å². The molecule has 0 radical (unpaired) electrons. The van der Waals surface area contributed by atoms with Gasteiger partial charge >= 0.3 is 0 Å². The quantitative estimate of drug-likeness (QED) is 0.796. The summed E-state index contributed by atoms with van der Waals surface area (Å²) in [7, 11) is -0.651. The first kappa shape index (κ1) is 13.5. The molecule has 0 spiro atoms. The number of hydrogen-bond acceptors (Lipinski definition) is 4. The van der Waals surface area contributed by atoms with Crippen LogP contribution in [0.4, 0.5) is 5.69 Å². The Labute approximate surface area is 101 Å². The topological polar surface area (TPSA) is 80.5 Å². The highest BCUT2D eigenvalue weighted by Gasteiger charge is 2.22. The van der Waals surface area contributed by atoms with Crippen LogP contribution in [0, 0.1) is 6.92 Å². The molecule has 17 heavy (non-hydrogen) atoms. The Morgan fingerprint density at radius 3 is 2.47 bits per heavy atom. The fraction of sp³-hybridized carbons (Fsp3) is 0.364. The van der Waals surface area contributed by atoms with Crippen molar-refractivity contribution in [2.45, 2.75) is 11.8 Å². The predicted octanol–water partition coefficient (Wildman–Crippen LogP) is 0.439. The lowest BCUT2D eigenvalue weighted by molar-refractivity contribution is -0.125. The minimum atomic E-state index is -3.67. The minimum absolute atomic E-state index is 0.0210. The zero-order chi connectivity index (χ0) is 13.2. The van der Waals surface area contributed by atoms with E-state index in [0.29, 0.717) is 0 Å². The van der Waals surface area contributed by atoms with Crippen LogP contribution >= 0.6 is 0 Å². The van der Waals surface area contributed by atoms with Crippen LogP contribution in [-0.4, -0.2) is 39.1 Å². The molecular weight excluding hydrogens is 240 g/mol. The second kappa shape index (κ2) is 4.75. The summed E-state index contributed by atoms with van der Waals surface area (Å²) in [4.78, 5) is 12.7. The number of hydrogen-bond donors (Lipinski definition) is 1. The highest BCUT2D eigenvalue weighted by Crippen LogP contribution is 2.21. The molecule has 0 aliphatic rings. The molecule has 1 rings (SSSR count). The van der Waals surface area contributed by atoms with E-state index in [0.717, 1.165) is 5.56 Å². The van der Waals surface area contributed by atoms with Crippen molar-refractivity contribution in [1.82, 2.24) is 4.90 Å². The first-order chi connectivity index (χ1) is 7.74. The molecule has 5 nitrogen and oxygen atoms in total. The maximum Gasteiger partial charge on any atom is 0.237 e. The highest BCUT2D eigenvalue weighted by atomic mass is 32.2. The van der Waals surface area contributed by atoms with Crippen molar-refractivity contribution >= 4 is 21.4 Å². The summed E-state index contributed by atoms with van der Waals surface area (Å²) >= 11 is 0. The highest BCUT2D eigenvalue weighted by molar-refractivity contribution is 7.92. The Morgan fingerprint density at radius 2 is 1.94 bits per heavy atom. The predicted molar refractivity (Wildman–Crippen MR) is 66.3 cm³/mol. The Bertz CT molecular complexity index is 536. The number of nitrogen functional groups attached to an aromatic ring is 1. The summed E-state index contributed by atoms with van der Waals surface area (Å²) in [5.74, 6) is -1.03. The molecule has 0 aliphatic carbocycles. The molecule has 0 aromatic heterocycles. The van der Waals surface area contributed by atoms with Gasteiger partial charge in [-0.05, 0) is 24.6 Å². The first-order valence-corrected chi connectivity index (χ1v) is 6.68. The molecule has 0 unspecified atom stereocenters. The number of benzene rings is 1.